The third kappa shape index (κ3) is 4.96. The fourth-order valence-electron chi connectivity index (χ4n) is 3.20. The highest BCUT2D eigenvalue weighted by atomic mass is 16.7. The molecule has 2 heterocycles. The maximum atomic E-state index is 11.5. The molecule has 0 bridgehead atoms. The summed E-state index contributed by atoms with van der Waals surface area (Å²) >= 11 is 0. The molecule has 0 aromatic carbocycles. The van der Waals surface area contributed by atoms with Crippen molar-refractivity contribution in [2.75, 3.05) is 6.61 Å². The average Bonchev–Trinajstić information content (AvgIpc) is 2.60. The highest BCUT2D eigenvalue weighted by Crippen LogP contribution is 2.29. The van der Waals surface area contributed by atoms with Gasteiger partial charge in [-0.25, -0.2) is 4.79 Å². The highest BCUT2D eigenvalue weighted by molar-refractivity contribution is 5.73. The Kier molecular flexibility index (Phi) is 8.71. The lowest BCUT2D eigenvalue weighted by atomic mass is 9.92. The van der Waals surface area contributed by atoms with E-state index in [9.17, 15) is 35.1 Å². The van der Waals surface area contributed by atoms with Crippen LogP contribution in [0.3, 0.4) is 0 Å². The zero-order chi connectivity index (χ0) is 20.5. The van der Waals surface area contributed by atoms with Crippen LogP contribution >= 0.6 is 0 Å². The molecule has 0 aromatic heterocycles. The number of hydrogen-bond acceptors (Lipinski definition) is 10. The third-order valence-corrected chi connectivity index (χ3v) is 4.62. The molecule has 4 unspecified atom stereocenters. The van der Waals surface area contributed by atoms with Gasteiger partial charge in [-0.05, 0) is 6.92 Å². The number of ether oxygens (including phenoxy) is 3. The number of rotatable bonds is 5. The van der Waals surface area contributed by atoms with Crippen LogP contribution < -0.4 is 5.32 Å². The Balaban J connectivity index is 0.00000392. The number of aliphatic carboxylic acids is 1. The molecule has 0 saturated carbocycles. The molecule has 1 amide bonds. The Bertz CT molecular complexity index is 547. The number of carboxylic acid groups (broad SMARTS) is 1. The first kappa shape index (κ1) is 24.7. The van der Waals surface area contributed by atoms with Gasteiger partial charge in [0.25, 0.3) is 0 Å². The van der Waals surface area contributed by atoms with Crippen molar-refractivity contribution in [3.8, 4) is 0 Å². The van der Waals surface area contributed by atoms with E-state index in [0.29, 0.717) is 0 Å². The van der Waals surface area contributed by atoms with Crippen LogP contribution in [0.4, 0.5) is 0 Å². The molecule has 7 N–H and O–H groups in total. The van der Waals surface area contributed by atoms with Gasteiger partial charge in [0.05, 0.1) is 18.8 Å². The number of amides is 1. The lowest BCUT2D eigenvalue weighted by Crippen LogP contribution is -2.67. The lowest BCUT2D eigenvalue weighted by Gasteiger charge is -2.46. The summed E-state index contributed by atoms with van der Waals surface area (Å²) in [5, 5.41) is 61.0. The van der Waals surface area contributed by atoms with Gasteiger partial charge in [0, 0.05) is 6.92 Å². The topological polar surface area (TPSA) is 195 Å². The molecule has 0 aliphatic carbocycles. The third-order valence-electron chi connectivity index (χ3n) is 4.62. The van der Waals surface area contributed by atoms with Crippen LogP contribution in [0.2, 0.25) is 0 Å². The first-order valence-corrected chi connectivity index (χ1v) is 8.37. The summed E-state index contributed by atoms with van der Waals surface area (Å²) in [6, 6.07) is -0.927. The Labute approximate surface area is 161 Å². The van der Waals surface area contributed by atoms with Crippen LogP contribution in [-0.2, 0) is 23.8 Å². The fraction of sp³-hybridized carbons (Fsp3) is 0.875. The summed E-state index contributed by atoms with van der Waals surface area (Å²) in [6.07, 6.45) is -13.7. The predicted molar refractivity (Wildman–Crippen MR) is 91.0 cm³/mol. The van der Waals surface area contributed by atoms with E-state index >= 15 is 0 Å². The molecule has 2 fully saturated rings. The summed E-state index contributed by atoms with van der Waals surface area (Å²) in [5.74, 6) is -2.06. The van der Waals surface area contributed by atoms with Crippen molar-refractivity contribution >= 4 is 11.9 Å². The summed E-state index contributed by atoms with van der Waals surface area (Å²) < 4.78 is 16.0. The SMILES string of the molecule is C.CC(=O)N[C@H]1C(O[C@@H]2OC(C(=O)O)[C@@H](O)[C@H](O)C2O)[C@H](O)C(CO)O[C@H]1C. The largest absolute Gasteiger partial charge is 0.479 e. The molecule has 0 radical (unpaired) electrons. The highest BCUT2D eigenvalue weighted by Gasteiger charge is 2.51. The second kappa shape index (κ2) is 9.89. The van der Waals surface area contributed by atoms with Gasteiger partial charge in [-0.15, -0.1) is 0 Å². The van der Waals surface area contributed by atoms with E-state index in [4.69, 9.17) is 19.3 Å². The van der Waals surface area contributed by atoms with Gasteiger partial charge < -0.3 is 50.2 Å². The van der Waals surface area contributed by atoms with E-state index in [1.165, 1.54) is 6.92 Å². The van der Waals surface area contributed by atoms with Gasteiger partial charge in [-0.2, -0.15) is 0 Å². The average molecular weight is 411 g/mol. The zero-order valence-corrected chi connectivity index (χ0v) is 14.7. The van der Waals surface area contributed by atoms with Gasteiger partial charge in [0.2, 0.25) is 5.91 Å². The van der Waals surface area contributed by atoms with Gasteiger partial charge in [-0.1, -0.05) is 7.43 Å². The number of carbonyl (C=O) groups excluding carboxylic acids is 1. The molecule has 2 aliphatic heterocycles. The van der Waals surface area contributed by atoms with Gasteiger partial charge in [0.15, 0.2) is 12.4 Å². The molecule has 10 atom stereocenters. The molecule has 2 saturated heterocycles. The maximum Gasteiger partial charge on any atom is 0.335 e. The van der Waals surface area contributed by atoms with Gasteiger partial charge in [0.1, 0.15) is 36.6 Å². The lowest BCUT2D eigenvalue weighted by molar-refractivity contribution is -0.325. The molecular weight excluding hydrogens is 382 g/mol. The second-order valence-electron chi connectivity index (χ2n) is 6.61. The Hall–Kier alpha value is -1.38. The van der Waals surface area contributed by atoms with Crippen molar-refractivity contribution in [3.63, 3.8) is 0 Å². The van der Waals surface area contributed by atoms with Crippen molar-refractivity contribution in [3.05, 3.63) is 0 Å². The molecule has 164 valence electrons. The van der Waals surface area contributed by atoms with Crippen molar-refractivity contribution in [2.45, 2.75) is 82.4 Å². The smallest absolute Gasteiger partial charge is 0.335 e. The van der Waals surface area contributed by atoms with Crippen molar-refractivity contribution in [1.29, 1.82) is 0 Å². The monoisotopic (exact) mass is 411 g/mol. The number of carbonyl (C=O) groups is 2. The Morgan fingerprint density at radius 3 is 2.14 bits per heavy atom. The summed E-state index contributed by atoms with van der Waals surface area (Å²) in [4.78, 5) is 22.7. The maximum absolute atomic E-state index is 11.5. The quantitative estimate of drug-likeness (QED) is 0.238. The molecular formula is C16H29NO11. The Morgan fingerprint density at radius 1 is 1.04 bits per heavy atom. The first-order valence-electron chi connectivity index (χ1n) is 8.37. The van der Waals surface area contributed by atoms with Gasteiger partial charge >= 0.3 is 5.97 Å². The predicted octanol–water partition coefficient (Wildman–Crippen LogP) is -3.45. The van der Waals surface area contributed by atoms with Gasteiger partial charge in [-0.3, -0.25) is 4.79 Å². The van der Waals surface area contributed by atoms with Crippen molar-refractivity contribution < 1.29 is 54.4 Å². The van der Waals surface area contributed by atoms with E-state index in [1.807, 2.05) is 0 Å². The normalized spacial score (nSPS) is 43.7. The van der Waals surface area contributed by atoms with E-state index in [-0.39, 0.29) is 7.43 Å². The number of hydrogen-bond donors (Lipinski definition) is 7. The van der Waals surface area contributed by atoms with Crippen LogP contribution in [-0.4, -0.2) is 110 Å². The number of aliphatic hydroxyl groups is 5. The summed E-state index contributed by atoms with van der Waals surface area (Å²) in [7, 11) is 0. The van der Waals surface area contributed by atoms with Crippen molar-refractivity contribution in [2.24, 2.45) is 0 Å². The van der Waals surface area contributed by atoms with E-state index in [1.54, 1.807) is 6.92 Å². The number of nitrogens with one attached hydrogen (secondary N) is 1. The Morgan fingerprint density at radius 2 is 1.64 bits per heavy atom. The van der Waals surface area contributed by atoms with Crippen LogP contribution in [0.5, 0.6) is 0 Å². The second-order valence-corrected chi connectivity index (χ2v) is 6.61. The molecule has 0 aromatic rings. The molecule has 12 nitrogen and oxygen atoms in total. The minimum absolute atomic E-state index is 0. The van der Waals surface area contributed by atoms with Crippen molar-refractivity contribution in [1.82, 2.24) is 5.32 Å². The molecule has 0 spiro atoms. The van der Waals surface area contributed by atoms with Crippen LogP contribution in [0, 0.1) is 0 Å². The zero-order valence-electron chi connectivity index (χ0n) is 14.7. The molecule has 12 heteroatoms. The molecule has 2 rings (SSSR count). The van der Waals surface area contributed by atoms with Crippen LogP contribution in [0.1, 0.15) is 21.3 Å². The van der Waals surface area contributed by atoms with Crippen LogP contribution in [0.25, 0.3) is 0 Å². The van der Waals surface area contributed by atoms with E-state index in [0.717, 1.165) is 0 Å². The number of aliphatic hydroxyl groups excluding tert-OH is 5. The summed E-state index contributed by atoms with van der Waals surface area (Å²) in [5.41, 5.74) is 0. The molecule has 2 aliphatic rings. The fourth-order valence-corrected chi connectivity index (χ4v) is 3.20. The minimum Gasteiger partial charge on any atom is -0.479 e. The van der Waals surface area contributed by atoms with E-state index in [2.05, 4.69) is 5.32 Å². The molecule has 28 heavy (non-hydrogen) atoms. The minimum atomic E-state index is -1.90. The summed E-state index contributed by atoms with van der Waals surface area (Å²) in [6.45, 7) is 2.22. The first-order chi connectivity index (χ1) is 12.6. The number of carboxylic acids is 1. The van der Waals surface area contributed by atoms with E-state index < -0.39 is 79.6 Å². The van der Waals surface area contributed by atoms with Crippen LogP contribution in [0.15, 0.2) is 0 Å². The standard InChI is InChI=1S/C15H25NO11.CH4/c1-4-7(16-5(2)18)12(8(19)6(3-17)25-4)26-15-11(22)9(20)10(21)13(27-15)14(23)24;/h4,6-13,15,17,19-22H,3H2,1-2H3,(H,16,18)(H,23,24);1H4/t4-,6?,7+,8+,9-,10-,11?,12?,13?,15+;/m0./s1.